The molecule has 1 aliphatic rings. The SMILES string of the molecule is CCc1ccc(NC(=O)[C@@H](C)Sc2nc3sc4c(c3c(=O)n2-c2cc(OC)ccc2C)CC[C@@H](C(C)(C)C)C4)cc1. The summed E-state index contributed by atoms with van der Waals surface area (Å²) < 4.78 is 7.20. The van der Waals surface area contributed by atoms with Crippen LogP contribution in [0.5, 0.6) is 5.75 Å². The maximum atomic E-state index is 14.4. The quantitative estimate of drug-likeness (QED) is 0.178. The number of nitrogens with one attached hydrogen (secondary N) is 1. The zero-order chi connectivity index (χ0) is 29.5. The average molecular weight is 590 g/mol. The molecule has 4 aromatic rings. The smallest absolute Gasteiger partial charge is 0.267 e. The third kappa shape index (κ3) is 5.95. The molecular formula is C33H39N3O3S2. The summed E-state index contributed by atoms with van der Waals surface area (Å²) in [7, 11) is 1.62. The Labute approximate surface area is 250 Å². The molecule has 0 spiro atoms. The van der Waals surface area contributed by atoms with Crippen molar-refractivity contribution < 1.29 is 9.53 Å². The summed E-state index contributed by atoms with van der Waals surface area (Å²) in [6, 6.07) is 13.6. The molecule has 0 bridgehead atoms. The van der Waals surface area contributed by atoms with E-state index in [0.717, 1.165) is 58.4 Å². The lowest BCUT2D eigenvalue weighted by Gasteiger charge is -2.33. The van der Waals surface area contributed by atoms with Gasteiger partial charge in [0.25, 0.3) is 5.56 Å². The lowest BCUT2D eigenvalue weighted by Crippen LogP contribution is -2.28. The average Bonchev–Trinajstić information content (AvgIpc) is 3.31. The van der Waals surface area contributed by atoms with Gasteiger partial charge < -0.3 is 10.1 Å². The van der Waals surface area contributed by atoms with Crippen LogP contribution in [-0.4, -0.2) is 27.8 Å². The van der Waals surface area contributed by atoms with Crippen molar-refractivity contribution in [2.45, 2.75) is 77.6 Å². The van der Waals surface area contributed by atoms with Gasteiger partial charge in [-0.25, -0.2) is 4.98 Å². The molecule has 2 heterocycles. The van der Waals surface area contributed by atoms with Crippen LogP contribution >= 0.6 is 23.1 Å². The van der Waals surface area contributed by atoms with Crippen LogP contribution < -0.4 is 15.6 Å². The fourth-order valence-electron chi connectivity index (χ4n) is 5.47. The fourth-order valence-corrected chi connectivity index (χ4v) is 7.73. The summed E-state index contributed by atoms with van der Waals surface area (Å²) in [5.74, 6) is 1.09. The summed E-state index contributed by atoms with van der Waals surface area (Å²) in [4.78, 5) is 34.8. The number of hydrogen-bond acceptors (Lipinski definition) is 6. The molecule has 216 valence electrons. The summed E-state index contributed by atoms with van der Waals surface area (Å²) in [6.45, 7) is 12.8. The summed E-state index contributed by atoms with van der Waals surface area (Å²) in [5, 5.41) is 3.76. The van der Waals surface area contributed by atoms with Crippen molar-refractivity contribution in [3.8, 4) is 11.4 Å². The number of aromatic nitrogens is 2. The van der Waals surface area contributed by atoms with Crippen LogP contribution in [0.25, 0.3) is 15.9 Å². The lowest BCUT2D eigenvalue weighted by molar-refractivity contribution is -0.115. The van der Waals surface area contributed by atoms with Crippen molar-refractivity contribution in [2.24, 2.45) is 11.3 Å². The van der Waals surface area contributed by atoms with E-state index in [2.05, 4.69) is 33.0 Å². The minimum Gasteiger partial charge on any atom is -0.497 e. The number of hydrogen-bond donors (Lipinski definition) is 1. The van der Waals surface area contributed by atoms with Crippen LogP contribution in [0.4, 0.5) is 5.69 Å². The number of carbonyl (C=O) groups excluding carboxylic acids is 1. The number of aryl methyl sites for hydroxylation is 3. The number of benzene rings is 2. The number of ether oxygens (including phenoxy) is 1. The van der Waals surface area contributed by atoms with Crippen molar-refractivity contribution in [2.75, 3.05) is 12.4 Å². The maximum Gasteiger partial charge on any atom is 0.267 e. The highest BCUT2D eigenvalue weighted by Gasteiger charge is 2.33. The molecule has 8 heteroatoms. The highest BCUT2D eigenvalue weighted by atomic mass is 32.2. The number of nitrogens with zero attached hydrogens (tertiary/aromatic N) is 2. The number of carbonyl (C=O) groups is 1. The first-order valence-electron chi connectivity index (χ1n) is 14.3. The Balaban J connectivity index is 1.58. The van der Waals surface area contributed by atoms with Crippen molar-refractivity contribution in [3.05, 3.63) is 74.4 Å². The molecule has 1 amide bonds. The van der Waals surface area contributed by atoms with E-state index in [0.29, 0.717) is 16.8 Å². The normalized spacial score (nSPS) is 15.9. The number of thiophene rings is 1. The summed E-state index contributed by atoms with van der Waals surface area (Å²) >= 11 is 2.95. The van der Waals surface area contributed by atoms with Gasteiger partial charge in [-0.2, -0.15) is 0 Å². The standard InChI is InChI=1S/C33H39N3O3S2/c1-8-21-10-13-23(14-11-21)34-29(37)20(3)40-32-35-30-28(25-16-12-22(33(4,5)6)17-27(25)41-30)31(38)36(32)26-18-24(39-7)15-9-19(26)2/h9-11,13-15,18,20,22H,8,12,16-17H2,1-7H3,(H,34,37)/t20-,22-/m1/s1. The molecule has 1 N–H and O–H groups in total. The Morgan fingerprint density at radius 1 is 1.22 bits per heavy atom. The second kappa shape index (κ2) is 11.6. The minimum atomic E-state index is -0.484. The molecule has 2 aromatic carbocycles. The Bertz CT molecular complexity index is 1650. The van der Waals surface area contributed by atoms with Gasteiger partial charge in [-0.05, 0) is 85.8 Å². The topological polar surface area (TPSA) is 73.2 Å². The number of thioether (sulfide) groups is 1. The lowest BCUT2D eigenvalue weighted by atomic mass is 9.72. The van der Waals surface area contributed by atoms with Gasteiger partial charge >= 0.3 is 0 Å². The Kier molecular flexibility index (Phi) is 8.35. The van der Waals surface area contributed by atoms with E-state index in [1.54, 1.807) is 23.0 Å². The first-order valence-corrected chi connectivity index (χ1v) is 16.0. The van der Waals surface area contributed by atoms with E-state index in [9.17, 15) is 9.59 Å². The Morgan fingerprint density at radius 2 is 1.95 bits per heavy atom. The van der Waals surface area contributed by atoms with Gasteiger partial charge in [0.2, 0.25) is 5.91 Å². The van der Waals surface area contributed by atoms with Crippen LogP contribution in [0, 0.1) is 18.3 Å². The zero-order valence-electron chi connectivity index (χ0n) is 25.0. The van der Waals surface area contributed by atoms with Gasteiger partial charge in [0.05, 0.1) is 23.4 Å². The second-order valence-corrected chi connectivity index (χ2v) is 14.4. The van der Waals surface area contributed by atoms with Crippen LogP contribution in [0.1, 0.15) is 62.6 Å². The van der Waals surface area contributed by atoms with Gasteiger partial charge in [0.15, 0.2) is 5.16 Å². The molecule has 2 atom stereocenters. The molecule has 0 saturated carbocycles. The second-order valence-electron chi connectivity index (χ2n) is 12.0. The number of rotatable bonds is 7. The summed E-state index contributed by atoms with van der Waals surface area (Å²) in [6.07, 6.45) is 3.86. The molecule has 0 radical (unpaired) electrons. The third-order valence-corrected chi connectivity index (χ3v) is 10.4. The van der Waals surface area contributed by atoms with Crippen LogP contribution in [0.2, 0.25) is 0 Å². The molecule has 41 heavy (non-hydrogen) atoms. The van der Waals surface area contributed by atoms with Gasteiger partial charge in [0, 0.05) is 16.6 Å². The predicted molar refractivity (Wildman–Crippen MR) is 171 cm³/mol. The van der Waals surface area contributed by atoms with Crippen molar-refractivity contribution in [3.63, 3.8) is 0 Å². The van der Waals surface area contributed by atoms with E-state index >= 15 is 0 Å². The molecular weight excluding hydrogens is 551 g/mol. The number of fused-ring (bicyclic) bond motifs is 3. The van der Waals surface area contributed by atoms with E-state index in [4.69, 9.17) is 9.72 Å². The Morgan fingerprint density at radius 3 is 2.61 bits per heavy atom. The highest BCUT2D eigenvalue weighted by Crippen LogP contribution is 2.43. The van der Waals surface area contributed by atoms with E-state index in [1.165, 1.54) is 22.2 Å². The first kappa shape index (κ1) is 29.4. The molecule has 0 fully saturated rings. The predicted octanol–water partition coefficient (Wildman–Crippen LogP) is 7.60. The molecule has 0 unspecified atom stereocenters. The fraction of sp³-hybridized carbons (Fsp3) is 0.424. The highest BCUT2D eigenvalue weighted by molar-refractivity contribution is 8.00. The molecule has 0 aliphatic heterocycles. The van der Waals surface area contributed by atoms with E-state index < -0.39 is 5.25 Å². The maximum absolute atomic E-state index is 14.4. The van der Waals surface area contributed by atoms with Crippen molar-refractivity contribution >= 4 is 44.9 Å². The van der Waals surface area contributed by atoms with Gasteiger partial charge in [-0.3, -0.25) is 14.2 Å². The Hall–Kier alpha value is -3.10. The van der Waals surface area contributed by atoms with E-state index in [1.807, 2.05) is 56.3 Å². The monoisotopic (exact) mass is 589 g/mol. The van der Waals surface area contributed by atoms with Crippen LogP contribution in [0.15, 0.2) is 52.4 Å². The first-order chi connectivity index (χ1) is 19.5. The zero-order valence-corrected chi connectivity index (χ0v) is 26.6. The van der Waals surface area contributed by atoms with Crippen molar-refractivity contribution in [1.29, 1.82) is 0 Å². The van der Waals surface area contributed by atoms with Crippen LogP contribution in [0.3, 0.4) is 0 Å². The molecule has 5 rings (SSSR count). The molecule has 0 saturated heterocycles. The largest absolute Gasteiger partial charge is 0.497 e. The molecule has 2 aromatic heterocycles. The molecule has 1 aliphatic carbocycles. The van der Waals surface area contributed by atoms with Gasteiger partial charge in [-0.15, -0.1) is 11.3 Å². The summed E-state index contributed by atoms with van der Waals surface area (Å²) in [5.41, 5.74) is 4.90. The van der Waals surface area contributed by atoms with Gasteiger partial charge in [-0.1, -0.05) is 57.7 Å². The molecule has 6 nitrogen and oxygen atoms in total. The van der Waals surface area contributed by atoms with Crippen LogP contribution in [-0.2, 0) is 24.1 Å². The number of amides is 1. The third-order valence-electron chi connectivity index (χ3n) is 8.22. The minimum absolute atomic E-state index is 0.0803. The number of methoxy groups -OCH3 is 1. The van der Waals surface area contributed by atoms with E-state index in [-0.39, 0.29) is 16.9 Å². The number of anilines is 1. The van der Waals surface area contributed by atoms with Crippen molar-refractivity contribution in [1.82, 2.24) is 9.55 Å². The van der Waals surface area contributed by atoms with Gasteiger partial charge in [0.1, 0.15) is 10.6 Å².